The predicted octanol–water partition coefficient (Wildman–Crippen LogP) is 1.55. The van der Waals surface area contributed by atoms with E-state index < -0.39 is 0 Å². The van der Waals surface area contributed by atoms with Crippen molar-refractivity contribution in [3.63, 3.8) is 0 Å². The van der Waals surface area contributed by atoms with Gasteiger partial charge in [-0.1, -0.05) is 20.8 Å². The van der Waals surface area contributed by atoms with E-state index in [1.54, 1.807) is 10.9 Å². The molecule has 0 unspecified atom stereocenters. The fourth-order valence-corrected chi connectivity index (χ4v) is 1.60. The highest BCUT2D eigenvalue weighted by Gasteiger charge is 2.21. The van der Waals surface area contributed by atoms with Crippen LogP contribution in [0.4, 0.5) is 5.82 Å². The SMILES string of the molecule is Cc1c(NN)nc(C(C)(C)C)nc1-n1cccn1. The molecule has 2 aromatic heterocycles. The quantitative estimate of drug-likeness (QED) is 0.620. The van der Waals surface area contributed by atoms with Gasteiger partial charge in [-0.25, -0.2) is 20.5 Å². The molecule has 6 nitrogen and oxygen atoms in total. The maximum Gasteiger partial charge on any atom is 0.162 e. The monoisotopic (exact) mass is 246 g/mol. The standard InChI is InChI=1S/C12H18N6/c1-8-9(17-13)15-11(12(2,3)4)16-10(8)18-7-5-6-14-18/h5-7H,13H2,1-4H3,(H,15,16,17). The van der Waals surface area contributed by atoms with Crippen molar-refractivity contribution < 1.29 is 0 Å². The van der Waals surface area contributed by atoms with Crippen molar-refractivity contribution in [1.29, 1.82) is 0 Å². The molecule has 2 aromatic rings. The van der Waals surface area contributed by atoms with E-state index in [2.05, 4.69) is 41.3 Å². The summed E-state index contributed by atoms with van der Waals surface area (Å²) in [5.74, 6) is 7.61. The zero-order chi connectivity index (χ0) is 13.3. The number of hydrogen-bond acceptors (Lipinski definition) is 5. The Bertz CT molecular complexity index is 538. The summed E-state index contributed by atoms with van der Waals surface area (Å²) < 4.78 is 1.72. The van der Waals surface area contributed by atoms with Gasteiger partial charge in [0.1, 0.15) is 11.6 Å². The summed E-state index contributed by atoms with van der Waals surface area (Å²) in [5.41, 5.74) is 3.34. The topological polar surface area (TPSA) is 81.6 Å². The molecule has 96 valence electrons. The third-order valence-corrected chi connectivity index (χ3v) is 2.65. The van der Waals surface area contributed by atoms with Crippen LogP contribution in [0.2, 0.25) is 0 Å². The molecule has 0 saturated carbocycles. The predicted molar refractivity (Wildman–Crippen MR) is 70.4 cm³/mol. The Morgan fingerprint density at radius 1 is 1.28 bits per heavy atom. The van der Waals surface area contributed by atoms with Gasteiger partial charge in [-0.05, 0) is 13.0 Å². The second-order valence-electron chi connectivity index (χ2n) is 5.19. The van der Waals surface area contributed by atoms with Gasteiger partial charge in [0.25, 0.3) is 0 Å². The Morgan fingerprint density at radius 3 is 2.50 bits per heavy atom. The van der Waals surface area contributed by atoms with Crippen molar-refractivity contribution >= 4 is 5.82 Å². The molecule has 0 amide bonds. The lowest BCUT2D eigenvalue weighted by molar-refractivity contribution is 0.542. The van der Waals surface area contributed by atoms with Gasteiger partial charge in [0.15, 0.2) is 5.82 Å². The molecule has 6 heteroatoms. The number of nitrogens with two attached hydrogens (primary N) is 1. The molecule has 18 heavy (non-hydrogen) atoms. The van der Waals surface area contributed by atoms with Crippen LogP contribution in [0.15, 0.2) is 18.5 Å². The van der Waals surface area contributed by atoms with Gasteiger partial charge in [0.05, 0.1) is 0 Å². The van der Waals surface area contributed by atoms with Crippen LogP contribution >= 0.6 is 0 Å². The first-order valence-electron chi connectivity index (χ1n) is 5.79. The molecular formula is C12H18N6. The summed E-state index contributed by atoms with van der Waals surface area (Å²) in [6.07, 6.45) is 3.57. The fraction of sp³-hybridized carbons (Fsp3) is 0.417. The molecule has 0 aromatic carbocycles. The number of nitrogen functional groups attached to an aromatic ring is 1. The van der Waals surface area contributed by atoms with E-state index in [0.29, 0.717) is 5.82 Å². The van der Waals surface area contributed by atoms with Gasteiger partial charge in [-0.3, -0.25) is 0 Å². The Morgan fingerprint density at radius 2 is 2.00 bits per heavy atom. The second-order valence-corrected chi connectivity index (χ2v) is 5.19. The molecule has 0 spiro atoms. The van der Waals surface area contributed by atoms with Crippen LogP contribution in [-0.2, 0) is 5.41 Å². The Balaban J connectivity index is 2.65. The van der Waals surface area contributed by atoms with Crippen molar-refractivity contribution in [1.82, 2.24) is 19.7 Å². The largest absolute Gasteiger partial charge is 0.308 e. The van der Waals surface area contributed by atoms with Gasteiger partial charge in [0.2, 0.25) is 0 Å². The molecule has 0 aliphatic heterocycles. The van der Waals surface area contributed by atoms with Crippen molar-refractivity contribution in [2.24, 2.45) is 5.84 Å². The lowest BCUT2D eigenvalue weighted by Crippen LogP contribution is -2.21. The molecule has 0 saturated heterocycles. The highest BCUT2D eigenvalue weighted by atomic mass is 15.3. The van der Waals surface area contributed by atoms with E-state index in [0.717, 1.165) is 17.2 Å². The summed E-state index contributed by atoms with van der Waals surface area (Å²) in [6.45, 7) is 8.10. The van der Waals surface area contributed by atoms with E-state index in [4.69, 9.17) is 5.84 Å². The Kier molecular flexibility index (Phi) is 3.04. The van der Waals surface area contributed by atoms with Crippen LogP contribution in [0.3, 0.4) is 0 Å². The maximum atomic E-state index is 5.52. The molecule has 0 aliphatic rings. The van der Waals surface area contributed by atoms with Crippen LogP contribution < -0.4 is 11.3 Å². The number of rotatable bonds is 2. The first-order valence-corrected chi connectivity index (χ1v) is 5.79. The van der Waals surface area contributed by atoms with E-state index in [1.807, 2.05) is 19.2 Å². The zero-order valence-electron chi connectivity index (χ0n) is 11.1. The summed E-state index contributed by atoms with van der Waals surface area (Å²) in [7, 11) is 0. The van der Waals surface area contributed by atoms with Crippen molar-refractivity contribution in [3.8, 4) is 5.82 Å². The van der Waals surface area contributed by atoms with Gasteiger partial charge < -0.3 is 5.43 Å². The summed E-state index contributed by atoms with van der Waals surface area (Å²) in [5, 5.41) is 4.20. The molecular weight excluding hydrogens is 228 g/mol. The number of nitrogens with one attached hydrogen (secondary N) is 1. The summed E-state index contributed by atoms with van der Waals surface area (Å²) >= 11 is 0. The summed E-state index contributed by atoms with van der Waals surface area (Å²) in [4.78, 5) is 9.03. The first-order chi connectivity index (χ1) is 8.43. The smallest absolute Gasteiger partial charge is 0.162 e. The van der Waals surface area contributed by atoms with Crippen molar-refractivity contribution in [3.05, 3.63) is 29.8 Å². The minimum absolute atomic E-state index is 0.152. The van der Waals surface area contributed by atoms with Crippen LogP contribution in [0, 0.1) is 6.92 Å². The molecule has 0 bridgehead atoms. The fourth-order valence-electron chi connectivity index (χ4n) is 1.60. The third-order valence-electron chi connectivity index (χ3n) is 2.65. The Labute approximate surface area is 106 Å². The van der Waals surface area contributed by atoms with Crippen LogP contribution in [-0.4, -0.2) is 19.7 Å². The second kappa shape index (κ2) is 4.38. The van der Waals surface area contributed by atoms with Crippen molar-refractivity contribution in [2.75, 3.05) is 5.43 Å². The van der Waals surface area contributed by atoms with Crippen molar-refractivity contribution in [2.45, 2.75) is 33.1 Å². The molecule has 0 aliphatic carbocycles. The number of nitrogens with zero attached hydrogens (tertiary/aromatic N) is 4. The van der Waals surface area contributed by atoms with Gasteiger partial charge >= 0.3 is 0 Å². The minimum Gasteiger partial charge on any atom is -0.308 e. The average Bonchev–Trinajstić information content (AvgIpc) is 2.81. The van der Waals surface area contributed by atoms with Crippen LogP contribution in [0.5, 0.6) is 0 Å². The highest BCUT2D eigenvalue weighted by molar-refractivity contribution is 5.51. The van der Waals surface area contributed by atoms with E-state index in [1.165, 1.54) is 0 Å². The molecule has 0 radical (unpaired) electrons. The molecule has 3 N–H and O–H groups in total. The summed E-state index contributed by atoms with van der Waals surface area (Å²) in [6, 6.07) is 1.86. The van der Waals surface area contributed by atoms with E-state index >= 15 is 0 Å². The highest BCUT2D eigenvalue weighted by Crippen LogP contribution is 2.24. The van der Waals surface area contributed by atoms with Gasteiger partial charge in [-0.15, -0.1) is 0 Å². The average molecular weight is 246 g/mol. The Hall–Kier alpha value is -1.95. The number of anilines is 1. The van der Waals surface area contributed by atoms with Gasteiger partial charge in [0, 0.05) is 23.4 Å². The number of aromatic nitrogens is 4. The van der Waals surface area contributed by atoms with E-state index in [-0.39, 0.29) is 5.41 Å². The van der Waals surface area contributed by atoms with E-state index in [9.17, 15) is 0 Å². The number of hydrogen-bond donors (Lipinski definition) is 2. The third kappa shape index (κ3) is 2.19. The zero-order valence-corrected chi connectivity index (χ0v) is 11.1. The van der Waals surface area contributed by atoms with Crippen LogP contribution in [0.25, 0.3) is 5.82 Å². The lowest BCUT2D eigenvalue weighted by atomic mass is 9.95. The lowest BCUT2D eigenvalue weighted by Gasteiger charge is -2.20. The maximum absolute atomic E-state index is 5.52. The van der Waals surface area contributed by atoms with Crippen LogP contribution in [0.1, 0.15) is 32.2 Å². The minimum atomic E-state index is -0.152. The molecule has 2 heterocycles. The number of hydrazine groups is 1. The molecule has 0 atom stereocenters. The van der Waals surface area contributed by atoms with Gasteiger partial charge in [-0.2, -0.15) is 5.10 Å². The molecule has 2 rings (SSSR count). The molecule has 0 fully saturated rings. The first kappa shape index (κ1) is 12.5. The normalized spacial score (nSPS) is 11.6.